The summed E-state index contributed by atoms with van der Waals surface area (Å²) in [6, 6.07) is 10.5. The highest BCUT2D eigenvalue weighted by Crippen LogP contribution is 2.33. The summed E-state index contributed by atoms with van der Waals surface area (Å²) >= 11 is 0. The van der Waals surface area contributed by atoms with E-state index in [9.17, 15) is 14.8 Å². The van der Waals surface area contributed by atoms with E-state index in [4.69, 9.17) is 0 Å². The third-order valence-corrected chi connectivity index (χ3v) is 5.21. The Labute approximate surface area is 178 Å². The molecule has 3 aromatic heterocycles. The molecule has 0 fully saturated rings. The zero-order valence-corrected chi connectivity index (χ0v) is 17.6. The molecule has 0 radical (unpaired) electrons. The van der Waals surface area contributed by atoms with E-state index in [0.717, 1.165) is 5.56 Å². The van der Waals surface area contributed by atoms with Gasteiger partial charge in [-0.2, -0.15) is 10.4 Å². The van der Waals surface area contributed by atoms with Crippen molar-refractivity contribution >= 4 is 22.4 Å². The zero-order chi connectivity index (χ0) is 22.3. The van der Waals surface area contributed by atoms with E-state index >= 15 is 0 Å². The molecule has 0 aliphatic rings. The van der Waals surface area contributed by atoms with Crippen molar-refractivity contribution in [1.29, 1.82) is 5.26 Å². The van der Waals surface area contributed by atoms with Crippen LogP contribution in [0.1, 0.15) is 31.9 Å². The molecular formula is C23H21FN6O. The van der Waals surface area contributed by atoms with E-state index in [1.54, 1.807) is 51.4 Å². The molecule has 0 unspecified atom stereocenters. The molecule has 2 N–H and O–H groups in total. The van der Waals surface area contributed by atoms with Crippen LogP contribution >= 0.6 is 0 Å². The molecule has 0 spiro atoms. The summed E-state index contributed by atoms with van der Waals surface area (Å²) in [5, 5.41) is 24.8. The first-order valence-corrected chi connectivity index (χ1v) is 9.70. The molecule has 4 rings (SSSR count). The molecule has 0 amide bonds. The minimum absolute atomic E-state index is 0.0581. The number of aliphatic imine (C=N–C) groups is 1. The molecule has 31 heavy (non-hydrogen) atoms. The van der Waals surface area contributed by atoms with Crippen LogP contribution in [0.5, 0.6) is 5.88 Å². The molecule has 0 aliphatic carbocycles. The topological polar surface area (TPSA) is 103 Å². The van der Waals surface area contributed by atoms with E-state index in [0.29, 0.717) is 39.3 Å². The summed E-state index contributed by atoms with van der Waals surface area (Å²) in [5.41, 5.74) is 2.47. The lowest BCUT2D eigenvalue weighted by Crippen LogP contribution is -2.24. The molecule has 0 bridgehead atoms. The number of aromatic nitrogens is 4. The quantitative estimate of drug-likeness (QED) is 0.458. The summed E-state index contributed by atoms with van der Waals surface area (Å²) in [4.78, 5) is 11.8. The van der Waals surface area contributed by atoms with Gasteiger partial charge in [0.1, 0.15) is 11.4 Å². The number of rotatable bonds is 4. The molecule has 0 saturated heterocycles. The van der Waals surface area contributed by atoms with Gasteiger partial charge in [-0.05, 0) is 45.4 Å². The molecule has 4 aromatic rings. The van der Waals surface area contributed by atoms with Crippen molar-refractivity contribution in [2.75, 3.05) is 0 Å². The maximum atomic E-state index is 14.5. The number of aryl methyl sites for hydroxylation is 1. The fourth-order valence-electron chi connectivity index (χ4n) is 3.50. The van der Waals surface area contributed by atoms with E-state index in [2.05, 4.69) is 26.1 Å². The number of hydrogen-bond donors (Lipinski definition) is 2. The molecule has 7 nitrogen and oxygen atoms in total. The normalized spacial score (nSPS) is 12.3. The van der Waals surface area contributed by atoms with Gasteiger partial charge in [-0.25, -0.2) is 9.38 Å². The standard InChI is InChI=1S/C23H21FN6O/c1-13-6-5-7-16(24)20(13)17-10-15-18(11-26-17)28-22(31)21(15)14(2)27-19-8-9-30(29-19)23(3,4)12-25/h5-11,28,31H,1-4H3. The molecule has 8 heteroatoms. The summed E-state index contributed by atoms with van der Waals surface area (Å²) in [6.07, 6.45) is 3.25. The first-order chi connectivity index (χ1) is 14.7. The maximum absolute atomic E-state index is 14.5. The number of fused-ring (bicyclic) bond motifs is 1. The van der Waals surface area contributed by atoms with Crippen molar-refractivity contribution in [2.24, 2.45) is 4.99 Å². The molecule has 1 aromatic carbocycles. The lowest BCUT2D eigenvalue weighted by Gasteiger charge is -2.14. The second-order valence-electron chi connectivity index (χ2n) is 7.88. The second kappa shape index (κ2) is 7.36. The van der Waals surface area contributed by atoms with Crippen molar-refractivity contribution in [1.82, 2.24) is 19.7 Å². The summed E-state index contributed by atoms with van der Waals surface area (Å²) in [5.74, 6) is -0.00441. The van der Waals surface area contributed by atoms with Crippen LogP contribution in [0, 0.1) is 24.1 Å². The zero-order valence-electron chi connectivity index (χ0n) is 17.6. The predicted octanol–water partition coefficient (Wildman–Crippen LogP) is 4.98. The maximum Gasteiger partial charge on any atom is 0.198 e. The largest absolute Gasteiger partial charge is 0.494 e. The fourth-order valence-corrected chi connectivity index (χ4v) is 3.50. The number of benzene rings is 1. The van der Waals surface area contributed by atoms with Gasteiger partial charge in [-0.15, -0.1) is 0 Å². The van der Waals surface area contributed by atoms with Crippen molar-refractivity contribution < 1.29 is 9.50 Å². The summed E-state index contributed by atoms with van der Waals surface area (Å²) in [6.45, 7) is 7.09. The predicted molar refractivity (Wildman–Crippen MR) is 117 cm³/mol. The number of aromatic hydroxyl groups is 1. The van der Waals surface area contributed by atoms with Crippen LogP contribution in [0.2, 0.25) is 0 Å². The van der Waals surface area contributed by atoms with Crippen molar-refractivity contribution in [2.45, 2.75) is 33.2 Å². The highest BCUT2D eigenvalue weighted by atomic mass is 19.1. The lowest BCUT2D eigenvalue weighted by molar-refractivity contribution is 0.419. The Morgan fingerprint density at radius 3 is 2.81 bits per heavy atom. The number of aromatic amines is 1. The third kappa shape index (κ3) is 3.55. The van der Waals surface area contributed by atoms with E-state index in [1.807, 2.05) is 13.0 Å². The number of nitriles is 1. The van der Waals surface area contributed by atoms with Crippen LogP contribution < -0.4 is 0 Å². The van der Waals surface area contributed by atoms with Gasteiger partial charge in [0.05, 0.1) is 34.8 Å². The fraction of sp³-hybridized carbons (Fsp3) is 0.217. The smallest absolute Gasteiger partial charge is 0.198 e. The molecule has 0 atom stereocenters. The molecule has 3 heterocycles. The average Bonchev–Trinajstić information content (AvgIpc) is 3.31. The van der Waals surface area contributed by atoms with E-state index in [-0.39, 0.29) is 11.7 Å². The van der Waals surface area contributed by atoms with E-state index < -0.39 is 5.54 Å². The minimum atomic E-state index is -0.803. The van der Waals surface area contributed by atoms with Crippen molar-refractivity contribution in [3.05, 3.63) is 59.7 Å². The van der Waals surface area contributed by atoms with Crippen molar-refractivity contribution in [3.8, 4) is 23.2 Å². The Balaban J connectivity index is 1.82. The van der Waals surface area contributed by atoms with E-state index in [1.165, 1.54) is 10.7 Å². The third-order valence-electron chi connectivity index (χ3n) is 5.21. The van der Waals surface area contributed by atoms with Crippen LogP contribution in [0.25, 0.3) is 22.2 Å². The number of nitrogens with zero attached hydrogens (tertiary/aromatic N) is 5. The van der Waals surface area contributed by atoms with Crippen LogP contribution in [-0.4, -0.2) is 30.6 Å². The van der Waals surface area contributed by atoms with Gasteiger partial charge in [-0.1, -0.05) is 12.1 Å². The minimum Gasteiger partial charge on any atom is -0.494 e. The van der Waals surface area contributed by atoms with Gasteiger partial charge >= 0.3 is 0 Å². The molecular weight excluding hydrogens is 395 g/mol. The SMILES string of the molecule is CC(=Nc1ccn(C(C)(C)C#N)n1)c1c(O)[nH]c2cnc(-c3c(C)cccc3F)cc12. The second-order valence-corrected chi connectivity index (χ2v) is 7.88. The number of pyridine rings is 1. The molecule has 0 aliphatic heterocycles. The molecule has 0 saturated carbocycles. The van der Waals surface area contributed by atoms with Crippen LogP contribution in [0.4, 0.5) is 10.2 Å². The Bertz CT molecular complexity index is 1350. The molecule has 156 valence electrons. The van der Waals surface area contributed by atoms with Gasteiger partial charge in [-0.3, -0.25) is 9.67 Å². The Kier molecular flexibility index (Phi) is 4.82. The van der Waals surface area contributed by atoms with Gasteiger partial charge in [0, 0.05) is 23.2 Å². The van der Waals surface area contributed by atoms with Crippen LogP contribution in [0.3, 0.4) is 0 Å². The van der Waals surface area contributed by atoms with Gasteiger partial charge in [0.25, 0.3) is 0 Å². The average molecular weight is 416 g/mol. The number of nitrogens with one attached hydrogen (secondary N) is 1. The number of hydrogen-bond acceptors (Lipinski definition) is 5. The van der Waals surface area contributed by atoms with Crippen LogP contribution in [-0.2, 0) is 5.54 Å². The Morgan fingerprint density at radius 2 is 2.10 bits per heavy atom. The highest BCUT2D eigenvalue weighted by Gasteiger charge is 2.21. The number of H-pyrrole nitrogens is 1. The Morgan fingerprint density at radius 1 is 1.32 bits per heavy atom. The lowest BCUT2D eigenvalue weighted by atomic mass is 10.0. The van der Waals surface area contributed by atoms with Gasteiger partial charge < -0.3 is 10.1 Å². The number of halogens is 1. The first kappa shape index (κ1) is 20.3. The first-order valence-electron chi connectivity index (χ1n) is 9.70. The summed E-state index contributed by atoms with van der Waals surface area (Å²) in [7, 11) is 0. The van der Waals surface area contributed by atoms with Gasteiger partial charge in [0.2, 0.25) is 0 Å². The monoisotopic (exact) mass is 416 g/mol. The van der Waals surface area contributed by atoms with Crippen molar-refractivity contribution in [3.63, 3.8) is 0 Å². The summed E-state index contributed by atoms with van der Waals surface area (Å²) < 4.78 is 16.0. The highest BCUT2D eigenvalue weighted by molar-refractivity contribution is 6.13. The van der Waals surface area contributed by atoms with Gasteiger partial charge in [0.15, 0.2) is 11.7 Å². The van der Waals surface area contributed by atoms with Crippen LogP contribution in [0.15, 0.2) is 47.7 Å². The Hall–Kier alpha value is -3.99.